The van der Waals surface area contributed by atoms with Crippen molar-refractivity contribution in [3.8, 4) is 5.75 Å². The van der Waals surface area contributed by atoms with Crippen LogP contribution in [0.25, 0.3) is 0 Å². The fourth-order valence-corrected chi connectivity index (χ4v) is 3.26. The lowest BCUT2D eigenvalue weighted by Gasteiger charge is -2.11. The van der Waals surface area contributed by atoms with Crippen molar-refractivity contribution < 1.29 is 4.74 Å². The van der Waals surface area contributed by atoms with E-state index in [0.29, 0.717) is 18.2 Å². The van der Waals surface area contributed by atoms with E-state index in [-0.39, 0.29) is 0 Å². The van der Waals surface area contributed by atoms with E-state index in [9.17, 15) is 0 Å². The molecule has 2 rings (SSSR count). The summed E-state index contributed by atoms with van der Waals surface area (Å²) in [4.78, 5) is 1.17. The minimum Gasteiger partial charge on any atom is -0.488 e. The highest BCUT2D eigenvalue weighted by Crippen LogP contribution is 2.28. The maximum atomic E-state index is 6.15. The van der Waals surface area contributed by atoms with Gasteiger partial charge in [-0.05, 0) is 47.1 Å². The third-order valence-corrected chi connectivity index (χ3v) is 4.49. The maximum absolute atomic E-state index is 6.15. The van der Waals surface area contributed by atoms with E-state index < -0.39 is 0 Å². The predicted molar refractivity (Wildman–Crippen MR) is 80.6 cm³/mol. The van der Waals surface area contributed by atoms with Gasteiger partial charge in [0.2, 0.25) is 0 Å². The molecule has 0 aliphatic rings. The summed E-state index contributed by atoms with van der Waals surface area (Å²) in [6, 6.07) is 7.74. The lowest BCUT2D eigenvalue weighted by atomic mass is 10.1. The molecule has 0 saturated carbocycles. The van der Waals surface area contributed by atoms with Crippen LogP contribution in [0.15, 0.2) is 34.1 Å². The van der Waals surface area contributed by atoms with Gasteiger partial charge in [-0.1, -0.05) is 17.7 Å². The fourth-order valence-electron chi connectivity index (χ4n) is 1.64. The number of ether oxygens (including phenoxy) is 1. The average molecular weight is 347 g/mol. The first-order valence-electron chi connectivity index (χ1n) is 5.54. The Morgan fingerprint density at radius 1 is 1.39 bits per heavy atom. The molecule has 18 heavy (non-hydrogen) atoms. The summed E-state index contributed by atoms with van der Waals surface area (Å²) in [5.74, 6) is 0.817. The first-order valence-corrected chi connectivity index (χ1v) is 7.59. The Hall–Kier alpha value is -0.550. The molecule has 2 aromatic rings. The Bertz CT molecular complexity index is 529. The molecule has 0 fully saturated rings. The number of benzene rings is 1. The normalized spacial score (nSPS) is 10.6. The van der Waals surface area contributed by atoms with Gasteiger partial charge in [0, 0.05) is 25.3 Å². The standard InChI is InChI=1S/C13H13BrClNOS/c14-9-6-10(18-8-9)7-17-13-3-1-2-12(15)11(13)4-5-16/h1-3,6,8H,4-5,7,16H2. The molecule has 0 bridgehead atoms. The molecular weight excluding hydrogens is 334 g/mol. The second kappa shape index (κ2) is 6.57. The van der Waals surface area contributed by atoms with Gasteiger partial charge in [0.25, 0.3) is 0 Å². The molecule has 0 aliphatic heterocycles. The molecule has 0 radical (unpaired) electrons. The summed E-state index contributed by atoms with van der Waals surface area (Å²) in [6.07, 6.45) is 0.725. The number of rotatable bonds is 5. The van der Waals surface area contributed by atoms with Crippen molar-refractivity contribution in [2.45, 2.75) is 13.0 Å². The van der Waals surface area contributed by atoms with Crippen LogP contribution in [0.5, 0.6) is 5.75 Å². The summed E-state index contributed by atoms with van der Waals surface area (Å²) in [5.41, 5.74) is 6.57. The molecule has 1 aromatic heterocycles. The topological polar surface area (TPSA) is 35.2 Å². The van der Waals surface area contributed by atoms with Gasteiger partial charge in [-0.2, -0.15) is 0 Å². The largest absolute Gasteiger partial charge is 0.488 e. The third kappa shape index (κ3) is 3.48. The van der Waals surface area contributed by atoms with E-state index in [0.717, 1.165) is 22.2 Å². The molecule has 1 heterocycles. The Morgan fingerprint density at radius 3 is 2.89 bits per heavy atom. The third-order valence-electron chi connectivity index (χ3n) is 2.46. The maximum Gasteiger partial charge on any atom is 0.124 e. The van der Waals surface area contributed by atoms with Crippen molar-refractivity contribution in [1.82, 2.24) is 0 Å². The Kier molecular flexibility index (Phi) is 5.06. The molecule has 2 nitrogen and oxygen atoms in total. The van der Waals surface area contributed by atoms with E-state index >= 15 is 0 Å². The summed E-state index contributed by atoms with van der Waals surface area (Å²) in [6.45, 7) is 1.11. The lowest BCUT2D eigenvalue weighted by Crippen LogP contribution is -2.05. The van der Waals surface area contributed by atoms with E-state index in [1.54, 1.807) is 11.3 Å². The van der Waals surface area contributed by atoms with E-state index in [1.165, 1.54) is 4.88 Å². The van der Waals surface area contributed by atoms with Crippen LogP contribution in [0, 0.1) is 0 Å². The highest BCUT2D eigenvalue weighted by atomic mass is 79.9. The molecule has 2 N–H and O–H groups in total. The Morgan fingerprint density at radius 2 is 2.22 bits per heavy atom. The van der Waals surface area contributed by atoms with Crippen molar-refractivity contribution in [2.24, 2.45) is 5.73 Å². The van der Waals surface area contributed by atoms with Gasteiger partial charge in [0.05, 0.1) is 0 Å². The van der Waals surface area contributed by atoms with Crippen molar-refractivity contribution in [3.05, 3.63) is 49.6 Å². The Labute approximate surface area is 124 Å². The highest BCUT2D eigenvalue weighted by Gasteiger charge is 2.08. The minimum absolute atomic E-state index is 0.550. The van der Waals surface area contributed by atoms with Crippen molar-refractivity contribution in [1.29, 1.82) is 0 Å². The van der Waals surface area contributed by atoms with Crippen LogP contribution in [0.4, 0.5) is 0 Å². The second-order valence-electron chi connectivity index (χ2n) is 3.78. The zero-order valence-electron chi connectivity index (χ0n) is 9.66. The molecule has 0 amide bonds. The quantitative estimate of drug-likeness (QED) is 0.878. The number of hydrogen-bond donors (Lipinski definition) is 1. The van der Waals surface area contributed by atoms with Crippen LogP contribution in [0.3, 0.4) is 0 Å². The Balaban J connectivity index is 2.11. The lowest BCUT2D eigenvalue weighted by molar-refractivity contribution is 0.306. The van der Waals surface area contributed by atoms with Gasteiger partial charge < -0.3 is 10.5 Å². The smallest absolute Gasteiger partial charge is 0.124 e. The van der Waals surface area contributed by atoms with Crippen LogP contribution in [0.2, 0.25) is 5.02 Å². The van der Waals surface area contributed by atoms with Gasteiger partial charge >= 0.3 is 0 Å². The summed E-state index contributed by atoms with van der Waals surface area (Å²) in [5, 5.41) is 2.75. The molecule has 96 valence electrons. The SMILES string of the molecule is NCCc1c(Cl)cccc1OCc1cc(Br)cs1. The summed E-state index contributed by atoms with van der Waals surface area (Å²) < 4.78 is 6.90. The van der Waals surface area contributed by atoms with Gasteiger partial charge in [-0.25, -0.2) is 0 Å². The summed E-state index contributed by atoms with van der Waals surface area (Å²) >= 11 is 11.2. The van der Waals surface area contributed by atoms with E-state index in [4.69, 9.17) is 22.1 Å². The van der Waals surface area contributed by atoms with E-state index in [1.807, 2.05) is 23.6 Å². The van der Waals surface area contributed by atoms with Crippen molar-refractivity contribution >= 4 is 38.9 Å². The molecule has 0 saturated heterocycles. The first kappa shape index (κ1) is 13.9. The van der Waals surface area contributed by atoms with E-state index in [2.05, 4.69) is 22.0 Å². The number of nitrogens with two attached hydrogens (primary N) is 1. The predicted octanol–water partition coefficient (Wildman–Crippen LogP) is 4.24. The number of halogens is 2. The van der Waals surface area contributed by atoms with Gasteiger partial charge in [-0.15, -0.1) is 11.3 Å². The molecular formula is C13H13BrClNOS. The van der Waals surface area contributed by atoms with Crippen molar-refractivity contribution in [3.63, 3.8) is 0 Å². The molecule has 0 aliphatic carbocycles. The fraction of sp³-hybridized carbons (Fsp3) is 0.231. The molecule has 0 unspecified atom stereocenters. The van der Waals surface area contributed by atoms with Crippen molar-refractivity contribution in [2.75, 3.05) is 6.54 Å². The van der Waals surface area contributed by atoms with Gasteiger partial charge in [0.1, 0.15) is 12.4 Å². The van der Waals surface area contributed by atoms with Crippen LogP contribution >= 0.6 is 38.9 Å². The average Bonchev–Trinajstić information content (AvgIpc) is 2.76. The molecule has 5 heteroatoms. The van der Waals surface area contributed by atoms with Crippen LogP contribution in [-0.4, -0.2) is 6.54 Å². The van der Waals surface area contributed by atoms with Crippen LogP contribution < -0.4 is 10.5 Å². The monoisotopic (exact) mass is 345 g/mol. The number of hydrogen-bond acceptors (Lipinski definition) is 3. The van der Waals surface area contributed by atoms with Gasteiger partial charge in [0.15, 0.2) is 0 Å². The molecule has 1 aromatic carbocycles. The minimum atomic E-state index is 0.550. The van der Waals surface area contributed by atoms with Crippen LogP contribution in [-0.2, 0) is 13.0 Å². The van der Waals surface area contributed by atoms with Gasteiger partial charge in [-0.3, -0.25) is 0 Å². The molecule has 0 spiro atoms. The van der Waals surface area contributed by atoms with Crippen LogP contribution in [0.1, 0.15) is 10.4 Å². The molecule has 0 atom stereocenters. The highest BCUT2D eigenvalue weighted by molar-refractivity contribution is 9.10. The zero-order chi connectivity index (χ0) is 13.0. The second-order valence-corrected chi connectivity index (χ2v) is 6.09. The zero-order valence-corrected chi connectivity index (χ0v) is 12.8. The number of thiophene rings is 1. The summed E-state index contributed by atoms with van der Waals surface area (Å²) in [7, 11) is 0. The first-order chi connectivity index (χ1) is 8.70.